The molecule has 2 atom stereocenters. The third-order valence-corrected chi connectivity index (χ3v) is 3.78. The van der Waals surface area contributed by atoms with Gasteiger partial charge in [0.25, 0.3) is 11.4 Å². The van der Waals surface area contributed by atoms with E-state index in [2.05, 4.69) is 4.99 Å². The van der Waals surface area contributed by atoms with Crippen LogP contribution in [0.15, 0.2) is 23.2 Å². The van der Waals surface area contributed by atoms with E-state index in [1.807, 2.05) is 0 Å². The number of ether oxygens (including phenoxy) is 1. The minimum Gasteiger partial charge on any atom is -0.472 e. The summed E-state index contributed by atoms with van der Waals surface area (Å²) in [7, 11) is 0. The van der Waals surface area contributed by atoms with Gasteiger partial charge in [-0.1, -0.05) is 6.42 Å². The fourth-order valence-corrected chi connectivity index (χ4v) is 2.76. The Morgan fingerprint density at radius 2 is 1.67 bits per heavy atom. The lowest BCUT2D eigenvalue weighted by Crippen LogP contribution is -2.26. The largest absolute Gasteiger partial charge is 0.472 e. The van der Waals surface area contributed by atoms with Gasteiger partial charge in [-0.2, -0.15) is 0 Å². The normalized spacial score (nSPS) is 23.9. The van der Waals surface area contributed by atoms with Gasteiger partial charge in [0.1, 0.15) is 6.10 Å². The Morgan fingerprint density at radius 1 is 1.05 bits per heavy atom. The lowest BCUT2D eigenvalue weighted by atomic mass is 9.94. The Labute approximate surface area is 119 Å². The van der Waals surface area contributed by atoms with Crippen molar-refractivity contribution >= 4 is 17.3 Å². The second-order valence-electron chi connectivity index (χ2n) is 5.19. The van der Waals surface area contributed by atoms with Crippen molar-refractivity contribution in [3.63, 3.8) is 0 Å². The second-order valence-corrected chi connectivity index (χ2v) is 5.19. The molecule has 0 N–H and O–H groups in total. The predicted octanol–water partition coefficient (Wildman–Crippen LogP) is 2.59. The van der Waals surface area contributed by atoms with E-state index in [1.165, 1.54) is 12.1 Å². The Kier molecular flexibility index (Phi) is 3.28. The van der Waals surface area contributed by atoms with Gasteiger partial charge in [0.15, 0.2) is 0 Å². The fraction of sp³-hybridized carbons (Fsp3) is 0.462. The van der Waals surface area contributed by atoms with Crippen LogP contribution < -0.4 is 0 Å². The van der Waals surface area contributed by atoms with Crippen LogP contribution in [0, 0.1) is 20.2 Å². The van der Waals surface area contributed by atoms with Crippen molar-refractivity contribution in [1.82, 2.24) is 0 Å². The smallest absolute Gasteiger partial charge is 0.277 e. The number of aliphatic imine (C=N–C) groups is 1. The number of rotatable bonds is 3. The lowest BCUT2D eigenvalue weighted by Gasteiger charge is -2.21. The molecule has 0 bridgehead atoms. The molecule has 1 saturated carbocycles. The molecule has 0 saturated heterocycles. The molecule has 110 valence electrons. The molecule has 1 aromatic rings. The number of non-ortho nitro benzene ring substituents is 2. The molecule has 8 nitrogen and oxygen atoms in total. The molecule has 3 rings (SSSR count). The van der Waals surface area contributed by atoms with Crippen molar-refractivity contribution < 1.29 is 14.6 Å². The first-order valence-electron chi connectivity index (χ1n) is 6.73. The third-order valence-electron chi connectivity index (χ3n) is 3.78. The number of fused-ring (bicyclic) bond motifs is 1. The number of nitro benzene ring substituents is 2. The van der Waals surface area contributed by atoms with Crippen LogP contribution in [0.4, 0.5) is 11.4 Å². The summed E-state index contributed by atoms with van der Waals surface area (Å²) in [5.74, 6) is 0.277. The van der Waals surface area contributed by atoms with E-state index in [4.69, 9.17) is 4.74 Å². The zero-order chi connectivity index (χ0) is 15.0. The average molecular weight is 291 g/mol. The predicted molar refractivity (Wildman–Crippen MR) is 73.4 cm³/mol. The van der Waals surface area contributed by atoms with Gasteiger partial charge in [0.2, 0.25) is 5.90 Å². The standard InChI is InChI=1S/C13H13N3O5/c17-15(18)9-5-8(6-10(7-9)16(19)20)13-14-11-3-1-2-4-12(11)21-13/h5-7,11-12H,1-4H2/t11-,12+/m1/s1. The average Bonchev–Trinajstić information content (AvgIpc) is 2.90. The molecule has 0 amide bonds. The highest BCUT2D eigenvalue weighted by Gasteiger charge is 2.34. The first-order valence-corrected chi connectivity index (χ1v) is 6.73. The summed E-state index contributed by atoms with van der Waals surface area (Å²) >= 11 is 0. The van der Waals surface area contributed by atoms with Crippen LogP contribution >= 0.6 is 0 Å². The number of hydrogen-bond donors (Lipinski definition) is 0. The molecule has 8 heteroatoms. The maximum atomic E-state index is 10.9. The van der Waals surface area contributed by atoms with E-state index in [-0.39, 0.29) is 29.4 Å². The molecule has 1 aliphatic heterocycles. The van der Waals surface area contributed by atoms with E-state index >= 15 is 0 Å². The van der Waals surface area contributed by atoms with Crippen molar-refractivity contribution in [2.75, 3.05) is 0 Å². The Hall–Kier alpha value is -2.51. The lowest BCUT2D eigenvalue weighted by molar-refractivity contribution is -0.394. The van der Waals surface area contributed by atoms with E-state index < -0.39 is 9.85 Å². The summed E-state index contributed by atoms with van der Waals surface area (Å²) < 4.78 is 5.73. The van der Waals surface area contributed by atoms with Crippen LogP contribution in [0.25, 0.3) is 0 Å². The Bertz CT molecular complexity index is 610. The SMILES string of the molecule is O=[N+]([O-])c1cc(C2=N[C@@H]3CCCC[C@@H]3O2)cc([N+](=O)[O-])c1. The molecule has 1 aliphatic carbocycles. The topological polar surface area (TPSA) is 108 Å². The molecule has 2 aliphatic rings. The molecule has 0 unspecified atom stereocenters. The summed E-state index contributed by atoms with van der Waals surface area (Å²) in [4.78, 5) is 24.9. The quantitative estimate of drug-likeness (QED) is 0.628. The second kappa shape index (κ2) is 5.12. The monoisotopic (exact) mass is 291 g/mol. The molecule has 1 heterocycles. The van der Waals surface area contributed by atoms with Crippen molar-refractivity contribution in [1.29, 1.82) is 0 Å². The molecular weight excluding hydrogens is 278 g/mol. The van der Waals surface area contributed by atoms with Crippen LogP contribution in [-0.2, 0) is 4.74 Å². The van der Waals surface area contributed by atoms with Crippen LogP contribution in [0.3, 0.4) is 0 Å². The van der Waals surface area contributed by atoms with Gasteiger partial charge in [-0.25, -0.2) is 4.99 Å². The molecule has 0 aromatic heterocycles. The number of hydrogen-bond acceptors (Lipinski definition) is 6. The van der Waals surface area contributed by atoms with Gasteiger partial charge in [0, 0.05) is 17.7 Å². The maximum absolute atomic E-state index is 10.9. The molecule has 21 heavy (non-hydrogen) atoms. The van der Waals surface area contributed by atoms with Crippen LogP contribution in [-0.4, -0.2) is 27.9 Å². The summed E-state index contributed by atoms with van der Waals surface area (Å²) in [6, 6.07) is 3.53. The Morgan fingerprint density at radius 3 is 2.24 bits per heavy atom. The van der Waals surface area contributed by atoms with Crippen molar-refractivity contribution in [3.8, 4) is 0 Å². The van der Waals surface area contributed by atoms with Gasteiger partial charge >= 0.3 is 0 Å². The van der Waals surface area contributed by atoms with Crippen LogP contribution in [0.5, 0.6) is 0 Å². The van der Waals surface area contributed by atoms with Gasteiger partial charge in [-0.15, -0.1) is 0 Å². The molecule has 1 fully saturated rings. The van der Waals surface area contributed by atoms with Crippen molar-refractivity contribution in [3.05, 3.63) is 44.0 Å². The third kappa shape index (κ3) is 2.56. The summed E-state index contributed by atoms with van der Waals surface area (Å²) in [5, 5.41) is 21.8. The first-order chi connectivity index (χ1) is 10.0. The Balaban J connectivity index is 1.98. The van der Waals surface area contributed by atoms with Gasteiger partial charge in [0.05, 0.1) is 22.0 Å². The highest BCUT2D eigenvalue weighted by Crippen LogP contribution is 2.32. The van der Waals surface area contributed by atoms with Crippen molar-refractivity contribution in [2.24, 2.45) is 4.99 Å². The molecule has 1 aromatic carbocycles. The van der Waals surface area contributed by atoms with Crippen LogP contribution in [0.2, 0.25) is 0 Å². The number of benzene rings is 1. The van der Waals surface area contributed by atoms with Crippen LogP contribution in [0.1, 0.15) is 31.2 Å². The molecule has 0 radical (unpaired) electrons. The van der Waals surface area contributed by atoms with E-state index in [0.717, 1.165) is 31.7 Å². The zero-order valence-electron chi connectivity index (χ0n) is 11.1. The van der Waals surface area contributed by atoms with E-state index in [9.17, 15) is 20.2 Å². The van der Waals surface area contributed by atoms with Gasteiger partial charge in [-0.05, 0) is 19.3 Å². The molecule has 0 spiro atoms. The highest BCUT2D eigenvalue weighted by molar-refractivity contribution is 5.96. The maximum Gasteiger partial charge on any atom is 0.277 e. The minimum absolute atomic E-state index is 0.00734. The minimum atomic E-state index is -0.654. The van der Waals surface area contributed by atoms with Gasteiger partial charge in [-0.3, -0.25) is 20.2 Å². The summed E-state index contributed by atoms with van der Waals surface area (Å²) in [5.41, 5.74) is -0.369. The van der Waals surface area contributed by atoms with Crippen molar-refractivity contribution in [2.45, 2.75) is 37.8 Å². The highest BCUT2D eigenvalue weighted by atomic mass is 16.6. The fourth-order valence-electron chi connectivity index (χ4n) is 2.76. The molecular formula is C13H13N3O5. The number of nitrogens with zero attached hydrogens (tertiary/aromatic N) is 3. The number of nitro groups is 2. The first kappa shape index (κ1) is 13.5. The zero-order valence-corrected chi connectivity index (χ0v) is 11.1. The summed E-state index contributed by atoms with van der Waals surface area (Å²) in [6.07, 6.45) is 3.96. The summed E-state index contributed by atoms with van der Waals surface area (Å²) in [6.45, 7) is 0. The van der Waals surface area contributed by atoms with E-state index in [1.54, 1.807) is 0 Å². The van der Waals surface area contributed by atoms with Gasteiger partial charge < -0.3 is 4.74 Å². The van der Waals surface area contributed by atoms with E-state index in [0.29, 0.717) is 5.56 Å².